The molecule has 0 spiro atoms. The molecule has 1 aromatic carbocycles. The van der Waals surface area contributed by atoms with Gasteiger partial charge in [0.15, 0.2) is 0 Å². The van der Waals surface area contributed by atoms with E-state index < -0.39 is 0 Å². The van der Waals surface area contributed by atoms with Crippen LogP contribution in [0, 0.1) is 23.7 Å². The molecule has 0 radical (unpaired) electrons. The van der Waals surface area contributed by atoms with E-state index in [-0.39, 0.29) is 6.04 Å². The fourth-order valence-corrected chi connectivity index (χ4v) is 4.76. The van der Waals surface area contributed by atoms with Gasteiger partial charge in [0, 0.05) is 19.1 Å². The lowest BCUT2D eigenvalue weighted by Crippen LogP contribution is -2.33. The first-order valence-corrected chi connectivity index (χ1v) is 9.26. The lowest BCUT2D eigenvalue weighted by Gasteiger charge is -2.28. The summed E-state index contributed by atoms with van der Waals surface area (Å²) in [6, 6.07) is 10.7. The van der Waals surface area contributed by atoms with Gasteiger partial charge < -0.3 is 10.1 Å². The molecule has 1 aromatic rings. The van der Waals surface area contributed by atoms with Crippen LogP contribution in [0.25, 0.3) is 0 Å². The number of fused-ring (bicyclic) bond motifs is 1. The van der Waals surface area contributed by atoms with Gasteiger partial charge in [-0.1, -0.05) is 36.8 Å². The summed E-state index contributed by atoms with van der Waals surface area (Å²) < 4.78 is 5.48. The van der Waals surface area contributed by atoms with Gasteiger partial charge in [0.1, 0.15) is 0 Å². The van der Waals surface area contributed by atoms with E-state index in [1.54, 1.807) is 0 Å². The third-order valence-corrected chi connectivity index (χ3v) is 6.14. The van der Waals surface area contributed by atoms with Crippen molar-refractivity contribution in [2.45, 2.75) is 44.6 Å². The summed E-state index contributed by atoms with van der Waals surface area (Å²) in [5.74, 6) is 2.65. The molecule has 0 bridgehead atoms. The van der Waals surface area contributed by atoms with Crippen molar-refractivity contribution in [1.82, 2.24) is 5.32 Å². The second-order valence-electron chi connectivity index (χ2n) is 7.55. The lowest BCUT2D eigenvalue weighted by atomic mass is 9.89. The Kier molecular flexibility index (Phi) is 4.39. The standard InChI is InChI=1S/C20H27NO2/c22-20(19-16-7-4-8-17(16)19)21-18(15-5-2-1-3-6-15)13-14-9-11-23-12-10-14/h1-3,5-6,14,16-19H,4,7-13H2,(H,21,22). The smallest absolute Gasteiger partial charge is 0.224 e. The molecule has 1 aliphatic heterocycles. The predicted octanol–water partition coefficient (Wildman–Crippen LogP) is 3.71. The first-order valence-electron chi connectivity index (χ1n) is 9.26. The summed E-state index contributed by atoms with van der Waals surface area (Å²) in [7, 11) is 0. The molecule has 3 aliphatic rings. The van der Waals surface area contributed by atoms with Gasteiger partial charge in [-0.25, -0.2) is 0 Å². The molecule has 2 saturated carbocycles. The Labute approximate surface area is 138 Å². The third kappa shape index (κ3) is 3.30. The van der Waals surface area contributed by atoms with Crippen LogP contribution < -0.4 is 5.32 Å². The zero-order chi connectivity index (χ0) is 15.6. The van der Waals surface area contributed by atoms with Gasteiger partial charge in [-0.05, 0) is 55.4 Å². The number of hydrogen-bond donors (Lipinski definition) is 1. The molecule has 3 heteroatoms. The average Bonchev–Trinajstić information content (AvgIpc) is 3.09. The SMILES string of the molecule is O=C(NC(CC1CCOCC1)c1ccccc1)C1C2CCCC21. The van der Waals surface area contributed by atoms with Crippen LogP contribution in [0.4, 0.5) is 0 Å². The number of nitrogens with one attached hydrogen (secondary N) is 1. The molecule has 1 N–H and O–H groups in total. The number of carbonyl (C=O) groups is 1. The molecule has 3 unspecified atom stereocenters. The number of amides is 1. The summed E-state index contributed by atoms with van der Waals surface area (Å²) in [5, 5.41) is 3.39. The molecule has 3 atom stereocenters. The van der Waals surface area contributed by atoms with Crippen molar-refractivity contribution >= 4 is 5.91 Å². The average molecular weight is 313 g/mol. The molecular formula is C20H27NO2. The van der Waals surface area contributed by atoms with Crippen LogP contribution in [0.2, 0.25) is 0 Å². The van der Waals surface area contributed by atoms with E-state index in [1.807, 2.05) is 6.07 Å². The second-order valence-corrected chi connectivity index (χ2v) is 7.55. The van der Waals surface area contributed by atoms with Gasteiger partial charge in [0.25, 0.3) is 0 Å². The van der Waals surface area contributed by atoms with Crippen LogP contribution in [0.15, 0.2) is 30.3 Å². The lowest BCUT2D eigenvalue weighted by molar-refractivity contribution is -0.124. The quantitative estimate of drug-likeness (QED) is 0.900. The molecule has 3 fully saturated rings. The van der Waals surface area contributed by atoms with Crippen molar-refractivity contribution < 1.29 is 9.53 Å². The highest BCUT2D eigenvalue weighted by Crippen LogP contribution is 2.57. The van der Waals surface area contributed by atoms with E-state index in [1.165, 1.54) is 24.8 Å². The highest BCUT2D eigenvalue weighted by Gasteiger charge is 2.56. The van der Waals surface area contributed by atoms with Crippen molar-refractivity contribution in [2.24, 2.45) is 23.7 Å². The van der Waals surface area contributed by atoms with Gasteiger partial charge in [-0.3, -0.25) is 4.79 Å². The molecular weight excluding hydrogens is 286 g/mol. The van der Waals surface area contributed by atoms with Crippen LogP contribution in [0.3, 0.4) is 0 Å². The van der Waals surface area contributed by atoms with E-state index >= 15 is 0 Å². The van der Waals surface area contributed by atoms with Crippen LogP contribution in [-0.2, 0) is 9.53 Å². The fraction of sp³-hybridized carbons (Fsp3) is 0.650. The Bertz CT molecular complexity index is 528. The Balaban J connectivity index is 1.43. The first kappa shape index (κ1) is 15.2. The number of carbonyl (C=O) groups excluding carboxylic acids is 1. The molecule has 124 valence electrons. The Morgan fingerprint density at radius 1 is 1.09 bits per heavy atom. The van der Waals surface area contributed by atoms with E-state index in [4.69, 9.17) is 4.74 Å². The minimum absolute atomic E-state index is 0.160. The van der Waals surface area contributed by atoms with Gasteiger partial charge in [0.05, 0.1) is 6.04 Å². The summed E-state index contributed by atoms with van der Waals surface area (Å²) in [6.45, 7) is 1.74. The highest BCUT2D eigenvalue weighted by atomic mass is 16.5. The summed E-state index contributed by atoms with van der Waals surface area (Å²) in [5.41, 5.74) is 1.25. The normalized spacial score (nSPS) is 31.4. The maximum atomic E-state index is 12.7. The van der Waals surface area contributed by atoms with E-state index in [9.17, 15) is 4.79 Å². The molecule has 2 aliphatic carbocycles. The van der Waals surface area contributed by atoms with Crippen molar-refractivity contribution in [3.63, 3.8) is 0 Å². The number of rotatable bonds is 5. The van der Waals surface area contributed by atoms with Crippen molar-refractivity contribution in [1.29, 1.82) is 0 Å². The minimum atomic E-state index is 0.160. The molecule has 0 aromatic heterocycles. The predicted molar refractivity (Wildman–Crippen MR) is 89.8 cm³/mol. The van der Waals surface area contributed by atoms with Gasteiger partial charge >= 0.3 is 0 Å². The topological polar surface area (TPSA) is 38.3 Å². The van der Waals surface area contributed by atoms with Crippen LogP contribution in [0.5, 0.6) is 0 Å². The van der Waals surface area contributed by atoms with E-state index in [0.29, 0.717) is 29.6 Å². The summed E-state index contributed by atoms with van der Waals surface area (Å²) in [4.78, 5) is 12.7. The number of ether oxygens (including phenoxy) is 1. The van der Waals surface area contributed by atoms with Crippen molar-refractivity contribution in [3.05, 3.63) is 35.9 Å². The largest absolute Gasteiger partial charge is 0.381 e. The van der Waals surface area contributed by atoms with Gasteiger partial charge in [-0.15, -0.1) is 0 Å². The van der Waals surface area contributed by atoms with Crippen LogP contribution >= 0.6 is 0 Å². The summed E-state index contributed by atoms with van der Waals surface area (Å²) >= 11 is 0. The second kappa shape index (κ2) is 6.64. The van der Waals surface area contributed by atoms with Crippen LogP contribution in [-0.4, -0.2) is 19.1 Å². The maximum Gasteiger partial charge on any atom is 0.224 e. The Morgan fingerprint density at radius 2 is 1.78 bits per heavy atom. The van der Waals surface area contributed by atoms with E-state index in [0.717, 1.165) is 32.5 Å². The zero-order valence-corrected chi connectivity index (χ0v) is 13.7. The molecule has 1 amide bonds. The first-order chi connectivity index (χ1) is 11.3. The Hall–Kier alpha value is -1.35. The molecule has 23 heavy (non-hydrogen) atoms. The Morgan fingerprint density at radius 3 is 2.48 bits per heavy atom. The highest BCUT2D eigenvalue weighted by molar-refractivity contribution is 5.82. The number of hydrogen-bond acceptors (Lipinski definition) is 2. The number of benzene rings is 1. The van der Waals surface area contributed by atoms with Crippen molar-refractivity contribution in [3.8, 4) is 0 Å². The third-order valence-electron chi connectivity index (χ3n) is 6.14. The van der Waals surface area contributed by atoms with Gasteiger partial charge in [-0.2, -0.15) is 0 Å². The zero-order valence-electron chi connectivity index (χ0n) is 13.7. The van der Waals surface area contributed by atoms with Crippen LogP contribution in [0.1, 0.15) is 50.1 Å². The molecule has 4 rings (SSSR count). The molecule has 1 saturated heterocycles. The molecule has 1 heterocycles. The fourth-order valence-electron chi connectivity index (χ4n) is 4.76. The van der Waals surface area contributed by atoms with Crippen molar-refractivity contribution in [2.75, 3.05) is 13.2 Å². The molecule has 3 nitrogen and oxygen atoms in total. The van der Waals surface area contributed by atoms with E-state index in [2.05, 4.69) is 29.6 Å². The summed E-state index contributed by atoms with van der Waals surface area (Å²) in [6.07, 6.45) is 7.13. The van der Waals surface area contributed by atoms with Gasteiger partial charge in [0.2, 0.25) is 5.91 Å². The minimum Gasteiger partial charge on any atom is -0.381 e. The maximum absolute atomic E-state index is 12.7. The monoisotopic (exact) mass is 313 g/mol.